The third-order valence-electron chi connectivity index (χ3n) is 2.02. The van der Waals surface area contributed by atoms with Gasteiger partial charge in [-0.25, -0.2) is 0 Å². The smallest absolute Gasteiger partial charge is 0.207 e. The number of rotatable bonds is 4. The van der Waals surface area contributed by atoms with Crippen molar-refractivity contribution in [2.45, 2.75) is 13.3 Å². The van der Waals surface area contributed by atoms with E-state index >= 15 is 0 Å². The highest BCUT2D eigenvalue weighted by Gasteiger charge is 2.02. The highest BCUT2D eigenvalue weighted by molar-refractivity contribution is 7.15. The lowest BCUT2D eigenvalue weighted by atomic mass is 10.2. The summed E-state index contributed by atoms with van der Waals surface area (Å²) < 4.78 is 6.07. The zero-order chi connectivity index (χ0) is 11.4. The maximum atomic E-state index is 5.68. The minimum absolute atomic E-state index is 0.477. The molecule has 2 aromatic rings. The summed E-state index contributed by atoms with van der Waals surface area (Å²) in [6.45, 7) is 2.63. The van der Waals surface area contributed by atoms with Crippen LogP contribution in [0.25, 0.3) is 0 Å². The summed E-state index contributed by atoms with van der Waals surface area (Å²) in [6.07, 6.45) is 0.734. The Labute approximate surface area is 103 Å². The lowest BCUT2D eigenvalue weighted by Gasteiger charge is -2.04. The van der Waals surface area contributed by atoms with Crippen LogP contribution in [0.15, 0.2) is 24.3 Å². The number of halogens is 1. The quantitative estimate of drug-likeness (QED) is 0.841. The fraction of sp³-hybridized carbons (Fsp3) is 0.273. The molecule has 1 heterocycles. The summed E-state index contributed by atoms with van der Waals surface area (Å²) in [5.74, 6) is 0.885. The molecule has 0 atom stereocenters. The number of aromatic nitrogens is 2. The average Bonchev–Trinajstić information content (AvgIpc) is 2.64. The van der Waals surface area contributed by atoms with Crippen molar-refractivity contribution in [2.75, 3.05) is 6.61 Å². The number of benzene rings is 1. The molecule has 1 aromatic carbocycles. The van der Waals surface area contributed by atoms with E-state index in [2.05, 4.69) is 10.2 Å². The van der Waals surface area contributed by atoms with Crippen molar-refractivity contribution >= 4 is 22.9 Å². The average molecular weight is 255 g/mol. The Bertz CT molecular complexity index is 473. The van der Waals surface area contributed by atoms with Crippen molar-refractivity contribution in [2.24, 2.45) is 0 Å². The van der Waals surface area contributed by atoms with Gasteiger partial charge >= 0.3 is 0 Å². The fourth-order valence-electron chi connectivity index (χ4n) is 1.30. The van der Waals surface area contributed by atoms with Gasteiger partial charge in [0.2, 0.25) is 4.47 Å². The molecule has 0 amide bonds. The van der Waals surface area contributed by atoms with Gasteiger partial charge < -0.3 is 4.74 Å². The zero-order valence-corrected chi connectivity index (χ0v) is 10.4. The molecule has 2 rings (SSSR count). The van der Waals surface area contributed by atoms with Crippen LogP contribution in [0.1, 0.15) is 10.6 Å². The molecule has 16 heavy (non-hydrogen) atoms. The monoisotopic (exact) mass is 254 g/mol. The van der Waals surface area contributed by atoms with E-state index in [1.54, 1.807) is 0 Å². The van der Waals surface area contributed by atoms with Crippen molar-refractivity contribution < 1.29 is 4.74 Å². The van der Waals surface area contributed by atoms with Crippen LogP contribution in [0.4, 0.5) is 0 Å². The largest absolute Gasteiger partial charge is 0.493 e. The maximum Gasteiger partial charge on any atom is 0.207 e. The Morgan fingerprint density at radius 2 is 2.25 bits per heavy atom. The van der Waals surface area contributed by atoms with Crippen LogP contribution in [-0.4, -0.2) is 16.8 Å². The molecule has 5 heteroatoms. The summed E-state index contributed by atoms with van der Waals surface area (Å²) >= 11 is 7.07. The van der Waals surface area contributed by atoms with Gasteiger partial charge in [0.15, 0.2) is 0 Å². The summed E-state index contributed by atoms with van der Waals surface area (Å²) in [6, 6.07) is 7.97. The number of nitrogens with zero attached hydrogens (tertiary/aromatic N) is 2. The number of aryl methyl sites for hydroxylation is 1. The van der Waals surface area contributed by atoms with Crippen molar-refractivity contribution in [3.05, 3.63) is 39.3 Å². The van der Waals surface area contributed by atoms with Gasteiger partial charge in [-0.05, 0) is 36.2 Å². The van der Waals surface area contributed by atoms with Gasteiger partial charge in [0.25, 0.3) is 0 Å². The first-order valence-electron chi connectivity index (χ1n) is 4.91. The number of ether oxygens (including phenoxy) is 1. The van der Waals surface area contributed by atoms with E-state index in [0.717, 1.165) is 17.2 Å². The first-order valence-corrected chi connectivity index (χ1v) is 6.11. The summed E-state index contributed by atoms with van der Waals surface area (Å²) in [4.78, 5) is 0. The van der Waals surface area contributed by atoms with Gasteiger partial charge in [0, 0.05) is 6.42 Å². The Balaban J connectivity index is 1.84. The molecule has 3 nitrogen and oxygen atoms in total. The Morgan fingerprint density at radius 1 is 1.38 bits per heavy atom. The molecule has 0 aliphatic heterocycles. The first kappa shape index (κ1) is 11.4. The summed E-state index contributed by atoms with van der Waals surface area (Å²) in [7, 11) is 0. The molecule has 0 fully saturated rings. The van der Waals surface area contributed by atoms with E-state index in [9.17, 15) is 0 Å². The summed E-state index contributed by atoms with van der Waals surface area (Å²) in [5.41, 5.74) is 1.19. The van der Waals surface area contributed by atoms with E-state index in [1.807, 2.05) is 31.2 Å². The van der Waals surface area contributed by atoms with E-state index in [4.69, 9.17) is 16.3 Å². The molecular weight excluding hydrogens is 244 g/mol. The lowest BCUT2D eigenvalue weighted by Crippen LogP contribution is -2.01. The molecule has 0 aliphatic carbocycles. The second kappa shape index (κ2) is 5.27. The molecule has 0 spiro atoms. The normalized spacial score (nSPS) is 10.4. The van der Waals surface area contributed by atoms with E-state index in [1.165, 1.54) is 16.9 Å². The van der Waals surface area contributed by atoms with Crippen molar-refractivity contribution in [3.8, 4) is 5.75 Å². The maximum absolute atomic E-state index is 5.68. The van der Waals surface area contributed by atoms with Crippen LogP contribution in [-0.2, 0) is 6.42 Å². The van der Waals surface area contributed by atoms with Gasteiger partial charge in [0.1, 0.15) is 10.8 Å². The third kappa shape index (κ3) is 3.18. The molecule has 0 radical (unpaired) electrons. The molecule has 1 aromatic heterocycles. The highest BCUT2D eigenvalue weighted by atomic mass is 35.5. The van der Waals surface area contributed by atoms with E-state index in [-0.39, 0.29) is 0 Å². The Hall–Kier alpha value is -1.13. The van der Waals surface area contributed by atoms with E-state index in [0.29, 0.717) is 11.1 Å². The van der Waals surface area contributed by atoms with Gasteiger partial charge in [-0.2, -0.15) is 0 Å². The number of hydrogen-bond acceptors (Lipinski definition) is 4. The van der Waals surface area contributed by atoms with Gasteiger partial charge in [-0.3, -0.25) is 0 Å². The van der Waals surface area contributed by atoms with Crippen LogP contribution in [0, 0.1) is 6.92 Å². The highest BCUT2D eigenvalue weighted by Crippen LogP contribution is 2.16. The van der Waals surface area contributed by atoms with Crippen LogP contribution in [0.5, 0.6) is 5.75 Å². The van der Waals surface area contributed by atoms with Crippen LogP contribution < -0.4 is 4.74 Å². The Kier molecular flexibility index (Phi) is 3.74. The molecule has 0 bridgehead atoms. The fourth-order valence-corrected chi connectivity index (χ4v) is 2.14. The second-order valence-electron chi connectivity index (χ2n) is 3.36. The molecule has 84 valence electrons. The molecule has 0 N–H and O–H groups in total. The minimum Gasteiger partial charge on any atom is -0.493 e. The second-order valence-corrected chi connectivity index (χ2v) is 5.01. The first-order chi connectivity index (χ1) is 7.74. The standard InChI is InChI=1S/C11H11ClN2OS/c1-8-3-2-4-9(7-8)15-6-5-10-13-14-11(12)16-10/h2-4,7H,5-6H2,1H3. The zero-order valence-electron chi connectivity index (χ0n) is 8.81. The molecule has 0 saturated carbocycles. The Morgan fingerprint density at radius 3 is 2.94 bits per heavy atom. The van der Waals surface area contributed by atoms with Gasteiger partial charge in [0.05, 0.1) is 6.61 Å². The SMILES string of the molecule is Cc1cccc(OCCc2nnc(Cl)s2)c1. The van der Waals surface area contributed by atoms with Crippen molar-refractivity contribution in [1.82, 2.24) is 10.2 Å². The van der Waals surface area contributed by atoms with E-state index < -0.39 is 0 Å². The number of hydrogen-bond donors (Lipinski definition) is 0. The topological polar surface area (TPSA) is 35.0 Å². The van der Waals surface area contributed by atoms with Crippen LogP contribution in [0.2, 0.25) is 4.47 Å². The van der Waals surface area contributed by atoms with Crippen molar-refractivity contribution in [1.29, 1.82) is 0 Å². The lowest BCUT2D eigenvalue weighted by molar-refractivity contribution is 0.321. The molecule has 0 unspecified atom stereocenters. The minimum atomic E-state index is 0.477. The summed E-state index contributed by atoms with van der Waals surface area (Å²) in [5, 5.41) is 8.56. The predicted molar refractivity (Wildman–Crippen MR) is 65.3 cm³/mol. The molecular formula is C11H11ClN2OS. The third-order valence-corrected chi connectivity index (χ3v) is 3.09. The van der Waals surface area contributed by atoms with Crippen molar-refractivity contribution in [3.63, 3.8) is 0 Å². The predicted octanol–water partition coefficient (Wildman–Crippen LogP) is 3.12. The molecule has 0 saturated heterocycles. The van der Waals surface area contributed by atoms with Crippen LogP contribution >= 0.6 is 22.9 Å². The molecule has 0 aliphatic rings. The van der Waals surface area contributed by atoms with Crippen LogP contribution in [0.3, 0.4) is 0 Å². The van der Waals surface area contributed by atoms with Gasteiger partial charge in [-0.15, -0.1) is 10.2 Å². The van der Waals surface area contributed by atoms with Gasteiger partial charge in [-0.1, -0.05) is 23.5 Å².